The second kappa shape index (κ2) is 6.90. The number of hydrogen-bond donors (Lipinski definition) is 0. The van der Waals surface area contributed by atoms with Crippen LogP contribution >= 0.6 is 0 Å². The summed E-state index contributed by atoms with van der Waals surface area (Å²) < 4.78 is 15.4. The number of carbonyl (C=O) groups excluding carboxylic acids is 3. The van der Waals surface area contributed by atoms with Crippen molar-refractivity contribution in [3.05, 3.63) is 12.2 Å². The highest BCUT2D eigenvalue weighted by atomic mass is 16.6. The van der Waals surface area contributed by atoms with Crippen molar-refractivity contribution in [1.29, 1.82) is 0 Å². The molecule has 0 radical (unpaired) electrons. The Bertz CT molecular complexity index is 565. The van der Waals surface area contributed by atoms with E-state index in [0.29, 0.717) is 11.8 Å². The molecule has 0 spiro atoms. The SMILES string of the molecule is C=C(C)C(=O)OC(=O)COCC(=O)OC1(C)C2CC3CC(C2)CC1C3. The Balaban J connectivity index is 1.44. The van der Waals surface area contributed by atoms with Gasteiger partial charge in [0.25, 0.3) is 0 Å². The number of esters is 3. The standard InChI is InChI=1S/C19H26O6/c1-11(2)18(22)24-16(20)9-23-10-17(21)25-19(3)14-5-12-4-13(7-14)8-15(19)6-12/h12-15H,1,4-10H2,2-3H3. The number of rotatable bonds is 6. The normalized spacial score (nSPS) is 35.3. The summed E-state index contributed by atoms with van der Waals surface area (Å²) in [5, 5.41) is 0. The Morgan fingerprint density at radius 3 is 2.00 bits per heavy atom. The average Bonchev–Trinajstić information content (AvgIpc) is 2.52. The van der Waals surface area contributed by atoms with Gasteiger partial charge in [-0.05, 0) is 69.6 Å². The molecule has 4 bridgehead atoms. The predicted molar refractivity (Wildman–Crippen MR) is 88.3 cm³/mol. The van der Waals surface area contributed by atoms with E-state index >= 15 is 0 Å². The van der Waals surface area contributed by atoms with E-state index in [-0.39, 0.29) is 12.2 Å². The van der Waals surface area contributed by atoms with E-state index < -0.39 is 30.1 Å². The molecular formula is C19H26O6. The van der Waals surface area contributed by atoms with Gasteiger partial charge in [-0.15, -0.1) is 0 Å². The largest absolute Gasteiger partial charge is 0.457 e. The van der Waals surface area contributed by atoms with Gasteiger partial charge in [-0.3, -0.25) is 0 Å². The van der Waals surface area contributed by atoms with E-state index in [1.54, 1.807) is 0 Å². The van der Waals surface area contributed by atoms with Crippen molar-refractivity contribution >= 4 is 17.9 Å². The van der Waals surface area contributed by atoms with E-state index in [9.17, 15) is 14.4 Å². The van der Waals surface area contributed by atoms with Crippen LogP contribution in [0.3, 0.4) is 0 Å². The molecule has 6 nitrogen and oxygen atoms in total. The van der Waals surface area contributed by atoms with Crippen LogP contribution in [0, 0.1) is 23.7 Å². The summed E-state index contributed by atoms with van der Waals surface area (Å²) in [5.41, 5.74) is -0.285. The first-order valence-corrected chi connectivity index (χ1v) is 8.98. The van der Waals surface area contributed by atoms with Gasteiger partial charge < -0.3 is 14.2 Å². The molecule has 6 heteroatoms. The van der Waals surface area contributed by atoms with Crippen LogP contribution in [0.25, 0.3) is 0 Å². The molecule has 4 saturated carbocycles. The van der Waals surface area contributed by atoms with E-state index in [1.807, 2.05) is 0 Å². The first-order valence-electron chi connectivity index (χ1n) is 8.98. The van der Waals surface area contributed by atoms with Gasteiger partial charge in [0.15, 0.2) is 0 Å². The molecule has 4 aliphatic carbocycles. The van der Waals surface area contributed by atoms with Crippen molar-refractivity contribution in [1.82, 2.24) is 0 Å². The number of ether oxygens (including phenoxy) is 3. The van der Waals surface area contributed by atoms with Crippen LogP contribution in [0.2, 0.25) is 0 Å². The highest BCUT2D eigenvalue weighted by molar-refractivity contribution is 5.95. The lowest BCUT2D eigenvalue weighted by Gasteiger charge is -2.59. The van der Waals surface area contributed by atoms with E-state index in [1.165, 1.54) is 13.3 Å². The van der Waals surface area contributed by atoms with Gasteiger partial charge in [0.2, 0.25) is 0 Å². The molecule has 0 aromatic rings. The summed E-state index contributed by atoms with van der Waals surface area (Å²) in [6, 6.07) is 0. The van der Waals surface area contributed by atoms with Gasteiger partial charge in [0, 0.05) is 5.57 Å². The fraction of sp³-hybridized carbons (Fsp3) is 0.737. The summed E-state index contributed by atoms with van der Waals surface area (Å²) in [6.45, 7) is 6.09. The molecule has 0 aliphatic heterocycles. The Morgan fingerprint density at radius 1 is 0.960 bits per heavy atom. The molecule has 4 fully saturated rings. The number of hydrogen-bond acceptors (Lipinski definition) is 6. The zero-order valence-corrected chi connectivity index (χ0v) is 14.9. The van der Waals surface area contributed by atoms with E-state index in [0.717, 1.165) is 37.5 Å². The second-order valence-electron chi connectivity index (χ2n) is 8.00. The average molecular weight is 350 g/mol. The molecule has 0 atom stereocenters. The van der Waals surface area contributed by atoms with Crippen LogP contribution in [-0.4, -0.2) is 36.7 Å². The lowest BCUT2D eigenvalue weighted by atomic mass is 9.50. The molecule has 0 N–H and O–H groups in total. The molecule has 0 aromatic carbocycles. The lowest BCUT2D eigenvalue weighted by Crippen LogP contribution is -2.58. The third kappa shape index (κ3) is 3.78. The Kier molecular flexibility index (Phi) is 5.00. The molecule has 0 heterocycles. The van der Waals surface area contributed by atoms with Crippen molar-refractivity contribution < 1.29 is 28.6 Å². The minimum Gasteiger partial charge on any atom is -0.457 e. The van der Waals surface area contributed by atoms with Crippen LogP contribution in [0.1, 0.15) is 46.0 Å². The first-order chi connectivity index (χ1) is 11.8. The molecule has 4 rings (SSSR count). The van der Waals surface area contributed by atoms with Crippen molar-refractivity contribution in [2.45, 2.75) is 51.6 Å². The highest BCUT2D eigenvalue weighted by Crippen LogP contribution is 2.59. The maximum absolute atomic E-state index is 12.2. The van der Waals surface area contributed by atoms with Crippen LogP contribution < -0.4 is 0 Å². The maximum atomic E-state index is 12.2. The molecule has 25 heavy (non-hydrogen) atoms. The summed E-state index contributed by atoms with van der Waals surface area (Å²) >= 11 is 0. The van der Waals surface area contributed by atoms with Crippen molar-refractivity contribution in [2.24, 2.45) is 23.7 Å². The topological polar surface area (TPSA) is 78.9 Å². The lowest BCUT2D eigenvalue weighted by molar-refractivity contribution is -0.206. The molecular weight excluding hydrogens is 324 g/mol. The molecule has 0 saturated heterocycles. The zero-order valence-electron chi connectivity index (χ0n) is 14.9. The van der Waals surface area contributed by atoms with Gasteiger partial charge in [0.1, 0.15) is 18.8 Å². The van der Waals surface area contributed by atoms with Crippen molar-refractivity contribution in [2.75, 3.05) is 13.2 Å². The molecule has 0 amide bonds. The van der Waals surface area contributed by atoms with Gasteiger partial charge in [-0.25, -0.2) is 14.4 Å². The van der Waals surface area contributed by atoms with E-state index in [2.05, 4.69) is 18.2 Å². The van der Waals surface area contributed by atoms with Crippen LogP contribution in [0.5, 0.6) is 0 Å². The molecule has 4 aliphatic rings. The second-order valence-corrected chi connectivity index (χ2v) is 8.00. The fourth-order valence-electron chi connectivity index (χ4n) is 5.00. The molecule has 138 valence electrons. The summed E-state index contributed by atoms with van der Waals surface area (Å²) in [5.74, 6) is 0.363. The minimum atomic E-state index is -0.846. The Morgan fingerprint density at radius 2 is 1.48 bits per heavy atom. The van der Waals surface area contributed by atoms with Crippen LogP contribution in [0.4, 0.5) is 0 Å². The fourth-order valence-corrected chi connectivity index (χ4v) is 5.00. The monoisotopic (exact) mass is 350 g/mol. The third-order valence-electron chi connectivity index (χ3n) is 6.09. The van der Waals surface area contributed by atoms with Gasteiger partial charge in [-0.1, -0.05) is 6.58 Å². The maximum Gasteiger partial charge on any atom is 0.340 e. The Labute approximate surface area is 147 Å². The van der Waals surface area contributed by atoms with E-state index in [4.69, 9.17) is 9.47 Å². The summed E-state index contributed by atoms with van der Waals surface area (Å²) in [6.07, 6.45) is 5.92. The number of carbonyl (C=O) groups is 3. The zero-order chi connectivity index (χ0) is 18.2. The van der Waals surface area contributed by atoms with Gasteiger partial charge in [-0.2, -0.15) is 0 Å². The third-order valence-corrected chi connectivity index (χ3v) is 6.09. The minimum absolute atomic E-state index is 0.127. The highest BCUT2D eigenvalue weighted by Gasteiger charge is 2.56. The van der Waals surface area contributed by atoms with Crippen LogP contribution in [0.15, 0.2) is 12.2 Å². The summed E-state index contributed by atoms with van der Waals surface area (Å²) in [4.78, 5) is 34.8. The van der Waals surface area contributed by atoms with Gasteiger partial charge in [0.05, 0.1) is 0 Å². The summed E-state index contributed by atoms with van der Waals surface area (Å²) in [7, 11) is 0. The predicted octanol–water partition coefficient (Wildman–Crippen LogP) is 2.41. The smallest absolute Gasteiger partial charge is 0.340 e. The molecule has 0 aromatic heterocycles. The van der Waals surface area contributed by atoms with Crippen molar-refractivity contribution in [3.8, 4) is 0 Å². The molecule has 0 unspecified atom stereocenters. The Hall–Kier alpha value is -1.69. The quantitative estimate of drug-likeness (QED) is 0.416. The van der Waals surface area contributed by atoms with Crippen LogP contribution in [-0.2, 0) is 28.6 Å². The van der Waals surface area contributed by atoms with Crippen molar-refractivity contribution in [3.63, 3.8) is 0 Å². The first kappa shape index (κ1) is 18.1. The van der Waals surface area contributed by atoms with Gasteiger partial charge >= 0.3 is 17.9 Å².